The minimum absolute atomic E-state index is 0.0113. The standard InChI is InChI=1S/C27H25N3O2S2/c31-25(21-13-15-30(16-14-21)26(32)23-12-7-17-33-23)29-27-28-22(18-19-8-3-1-4-9-19)24(34-27)20-10-5-2-6-11-20/h1-12,17,21H,13-16,18H2,(H,28,29,31). The number of hydrogen-bond acceptors (Lipinski definition) is 5. The number of piperidine rings is 1. The molecule has 1 N–H and O–H groups in total. The third-order valence-corrected chi connectivity index (χ3v) is 7.98. The summed E-state index contributed by atoms with van der Waals surface area (Å²) in [6.45, 7) is 1.20. The van der Waals surface area contributed by atoms with Crippen LogP contribution in [0.3, 0.4) is 0 Å². The van der Waals surface area contributed by atoms with Crippen molar-refractivity contribution < 1.29 is 9.59 Å². The number of carbonyl (C=O) groups is 2. The molecule has 2 amide bonds. The zero-order valence-electron chi connectivity index (χ0n) is 18.6. The molecule has 5 rings (SSSR count). The van der Waals surface area contributed by atoms with E-state index in [1.807, 2.05) is 58.8 Å². The quantitative estimate of drug-likeness (QED) is 0.365. The van der Waals surface area contributed by atoms with E-state index < -0.39 is 0 Å². The Morgan fingerprint density at radius 3 is 2.32 bits per heavy atom. The molecule has 0 bridgehead atoms. The minimum Gasteiger partial charge on any atom is -0.338 e. The second-order valence-corrected chi connectivity index (χ2v) is 10.3. The summed E-state index contributed by atoms with van der Waals surface area (Å²) in [6, 6.07) is 24.2. The lowest BCUT2D eigenvalue weighted by molar-refractivity contribution is -0.121. The van der Waals surface area contributed by atoms with E-state index in [-0.39, 0.29) is 17.7 Å². The number of rotatable bonds is 6. The molecule has 0 spiro atoms. The third-order valence-electron chi connectivity index (χ3n) is 6.06. The highest BCUT2D eigenvalue weighted by molar-refractivity contribution is 7.19. The molecule has 1 saturated heterocycles. The van der Waals surface area contributed by atoms with Gasteiger partial charge in [-0.1, -0.05) is 78.1 Å². The highest BCUT2D eigenvalue weighted by Crippen LogP contribution is 2.35. The molecular weight excluding hydrogens is 462 g/mol. The van der Waals surface area contributed by atoms with Crippen LogP contribution in [-0.2, 0) is 11.2 Å². The summed E-state index contributed by atoms with van der Waals surface area (Å²) in [6.07, 6.45) is 2.04. The van der Waals surface area contributed by atoms with Crippen LogP contribution in [0.25, 0.3) is 10.4 Å². The molecule has 34 heavy (non-hydrogen) atoms. The van der Waals surface area contributed by atoms with E-state index in [2.05, 4.69) is 29.6 Å². The Labute approximate surface area is 207 Å². The Bertz CT molecular complexity index is 1250. The molecule has 1 aliphatic rings. The van der Waals surface area contributed by atoms with Crippen molar-refractivity contribution in [1.82, 2.24) is 9.88 Å². The van der Waals surface area contributed by atoms with E-state index in [0.717, 1.165) is 21.0 Å². The number of hydrogen-bond donors (Lipinski definition) is 1. The molecule has 4 aromatic rings. The number of carbonyl (C=O) groups excluding carboxylic acids is 2. The molecule has 172 valence electrons. The fraction of sp³-hybridized carbons (Fsp3) is 0.222. The maximum Gasteiger partial charge on any atom is 0.263 e. The number of amides is 2. The van der Waals surface area contributed by atoms with Crippen molar-refractivity contribution in [2.75, 3.05) is 18.4 Å². The lowest BCUT2D eigenvalue weighted by Crippen LogP contribution is -2.41. The molecule has 2 aromatic heterocycles. The predicted molar refractivity (Wildman–Crippen MR) is 138 cm³/mol. The number of nitrogens with one attached hydrogen (secondary N) is 1. The highest BCUT2D eigenvalue weighted by Gasteiger charge is 2.29. The van der Waals surface area contributed by atoms with Gasteiger partial charge in [-0.3, -0.25) is 9.59 Å². The predicted octanol–water partition coefficient (Wildman–Crippen LogP) is 5.95. The second-order valence-electron chi connectivity index (χ2n) is 8.36. The number of thiazole rings is 1. The number of aromatic nitrogens is 1. The molecule has 0 saturated carbocycles. The molecule has 1 aliphatic heterocycles. The molecular formula is C27H25N3O2S2. The maximum atomic E-state index is 13.0. The van der Waals surface area contributed by atoms with Gasteiger partial charge in [0.05, 0.1) is 15.4 Å². The van der Waals surface area contributed by atoms with E-state index in [1.54, 1.807) is 0 Å². The van der Waals surface area contributed by atoms with E-state index in [0.29, 0.717) is 37.5 Å². The van der Waals surface area contributed by atoms with Crippen LogP contribution in [0.5, 0.6) is 0 Å². The van der Waals surface area contributed by atoms with E-state index in [4.69, 9.17) is 4.98 Å². The summed E-state index contributed by atoms with van der Waals surface area (Å²) >= 11 is 2.98. The molecule has 2 aromatic carbocycles. The average Bonchev–Trinajstić information content (AvgIpc) is 3.55. The zero-order chi connectivity index (χ0) is 23.3. The van der Waals surface area contributed by atoms with Crippen LogP contribution in [0.2, 0.25) is 0 Å². The van der Waals surface area contributed by atoms with Gasteiger partial charge in [0.1, 0.15) is 0 Å². The van der Waals surface area contributed by atoms with Gasteiger partial charge in [0, 0.05) is 25.4 Å². The molecule has 0 atom stereocenters. The highest BCUT2D eigenvalue weighted by atomic mass is 32.1. The van der Waals surface area contributed by atoms with E-state index in [1.165, 1.54) is 28.2 Å². The first kappa shape index (κ1) is 22.5. The van der Waals surface area contributed by atoms with Crippen molar-refractivity contribution in [2.45, 2.75) is 19.3 Å². The van der Waals surface area contributed by atoms with Crippen LogP contribution in [0.4, 0.5) is 5.13 Å². The summed E-state index contributed by atoms with van der Waals surface area (Å²) in [5.74, 6) is -0.0660. The Kier molecular flexibility index (Phi) is 6.83. The molecule has 0 aliphatic carbocycles. The first-order valence-corrected chi connectivity index (χ1v) is 13.1. The SMILES string of the molecule is O=C(Nc1nc(Cc2ccccc2)c(-c2ccccc2)s1)C1CCN(C(=O)c2cccs2)CC1. The van der Waals surface area contributed by atoms with Gasteiger partial charge < -0.3 is 10.2 Å². The van der Waals surface area contributed by atoms with E-state index in [9.17, 15) is 9.59 Å². The zero-order valence-corrected chi connectivity index (χ0v) is 20.3. The minimum atomic E-state index is -0.117. The van der Waals surface area contributed by atoms with Gasteiger partial charge in [0.25, 0.3) is 5.91 Å². The van der Waals surface area contributed by atoms with Crippen molar-refractivity contribution in [2.24, 2.45) is 5.92 Å². The van der Waals surface area contributed by atoms with Crippen molar-refractivity contribution in [1.29, 1.82) is 0 Å². The van der Waals surface area contributed by atoms with Gasteiger partial charge in [-0.15, -0.1) is 11.3 Å². The number of likely N-dealkylation sites (tertiary alicyclic amines) is 1. The normalized spacial score (nSPS) is 14.2. The molecule has 3 heterocycles. The second kappa shape index (κ2) is 10.3. The Morgan fingerprint density at radius 1 is 0.941 bits per heavy atom. The monoisotopic (exact) mass is 487 g/mol. The van der Waals surface area contributed by atoms with Gasteiger partial charge in [-0.25, -0.2) is 4.98 Å². The largest absolute Gasteiger partial charge is 0.338 e. The molecule has 5 nitrogen and oxygen atoms in total. The topological polar surface area (TPSA) is 62.3 Å². The summed E-state index contributed by atoms with van der Waals surface area (Å²) in [5, 5.41) is 5.61. The Hall–Kier alpha value is -3.29. The van der Waals surface area contributed by atoms with Gasteiger partial charge in [0.15, 0.2) is 5.13 Å². The molecule has 0 unspecified atom stereocenters. The molecule has 0 radical (unpaired) electrons. The fourth-order valence-corrected chi connectivity index (χ4v) is 5.92. The van der Waals surface area contributed by atoms with Crippen molar-refractivity contribution >= 4 is 39.6 Å². The maximum absolute atomic E-state index is 13.0. The van der Waals surface area contributed by atoms with Crippen LogP contribution in [0.15, 0.2) is 78.2 Å². The summed E-state index contributed by atoms with van der Waals surface area (Å²) < 4.78 is 0. The lowest BCUT2D eigenvalue weighted by atomic mass is 9.96. The number of anilines is 1. The van der Waals surface area contributed by atoms with Crippen LogP contribution < -0.4 is 5.32 Å². The van der Waals surface area contributed by atoms with Crippen LogP contribution >= 0.6 is 22.7 Å². The van der Waals surface area contributed by atoms with Crippen LogP contribution in [0, 0.1) is 5.92 Å². The Morgan fingerprint density at radius 2 is 1.65 bits per heavy atom. The smallest absolute Gasteiger partial charge is 0.263 e. The summed E-state index contributed by atoms with van der Waals surface area (Å²) in [4.78, 5) is 34.1. The third kappa shape index (κ3) is 5.11. The summed E-state index contributed by atoms with van der Waals surface area (Å²) in [5.41, 5.74) is 3.26. The number of nitrogens with zero attached hydrogens (tertiary/aromatic N) is 2. The van der Waals surface area contributed by atoms with Gasteiger partial charge in [-0.05, 0) is 35.4 Å². The van der Waals surface area contributed by atoms with Crippen LogP contribution in [-0.4, -0.2) is 34.8 Å². The van der Waals surface area contributed by atoms with E-state index >= 15 is 0 Å². The summed E-state index contributed by atoms with van der Waals surface area (Å²) in [7, 11) is 0. The fourth-order valence-electron chi connectivity index (χ4n) is 4.24. The first-order chi connectivity index (χ1) is 16.7. The number of thiophene rings is 1. The van der Waals surface area contributed by atoms with Crippen molar-refractivity contribution in [3.63, 3.8) is 0 Å². The number of benzene rings is 2. The molecule has 7 heteroatoms. The van der Waals surface area contributed by atoms with Gasteiger partial charge in [0.2, 0.25) is 5.91 Å². The van der Waals surface area contributed by atoms with Crippen molar-refractivity contribution in [3.05, 3.63) is 94.3 Å². The average molecular weight is 488 g/mol. The lowest BCUT2D eigenvalue weighted by Gasteiger charge is -2.30. The van der Waals surface area contributed by atoms with Gasteiger partial charge in [-0.2, -0.15) is 0 Å². The Balaban J connectivity index is 1.27. The van der Waals surface area contributed by atoms with Gasteiger partial charge >= 0.3 is 0 Å². The van der Waals surface area contributed by atoms with Crippen LogP contribution in [0.1, 0.15) is 33.8 Å². The first-order valence-electron chi connectivity index (χ1n) is 11.4. The molecule has 1 fully saturated rings. The van der Waals surface area contributed by atoms with Crippen molar-refractivity contribution in [3.8, 4) is 10.4 Å².